The summed E-state index contributed by atoms with van der Waals surface area (Å²) in [6.07, 6.45) is 4.26. The van der Waals surface area contributed by atoms with Crippen molar-refractivity contribution in [3.05, 3.63) is 90.3 Å². The highest BCUT2D eigenvalue weighted by Crippen LogP contribution is 2.29. The quantitative estimate of drug-likeness (QED) is 0.601. The molecule has 0 saturated carbocycles. The zero-order valence-corrected chi connectivity index (χ0v) is 13.1. The topological polar surface area (TPSA) is 46.0 Å². The van der Waals surface area contributed by atoms with E-state index in [-0.39, 0.29) is 0 Å². The maximum absolute atomic E-state index is 10.3. The molecule has 0 amide bonds. The van der Waals surface area contributed by atoms with Crippen molar-refractivity contribution in [1.82, 2.24) is 9.97 Å². The van der Waals surface area contributed by atoms with Gasteiger partial charge >= 0.3 is 0 Å². The molecule has 4 rings (SSSR count). The summed E-state index contributed by atoms with van der Waals surface area (Å²) in [5.74, 6) is 1.02. The van der Waals surface area contributed by atoms with Crippen LogP contribution in [0.5, 0.6) is 5.75 Å². The van der Waals surface area contributed by atoms with E-state index in [1.54, 1.807) is 6.07 Å². The summed E-state index contributed by atoms with van der Waals surface area (Å²) in [4.78, 5) is 8.92. The summed E-state index contributed by atoms with van der Waals surface area (Å²) in [5, 5.41) is 12.4. The number of aromatic hydroxyl groups is 1. The average Bonchev–Trinajstić information content (AvgIpc) is 2.65. The van der Waals surface area contributed by atoms with Gasteiger partial charge in [-0.2, -0.15) is 0 Å². The highest BCUT2D eigenvalue weighted by atomic mass is 16.3. The van der Waals surface area contributed by atoms with E-state index in [0.29, 0.717) is 18.0 Å². The molecule has 0 unspecified atom stereocenters. The summed E-state index contributed by atoms with van der Waals surface area (Å²) < 4.78 is 0. The van der Waals surface area contributed by atoms with Crippen LogP contribution >= 0.6 is 0 Å². The minimum atomic E-state index is 0.306. The fourth-order valence-corrected chi connectivity index (χ4v) is 2.90. The van der Waals surface area contributed by atoms with Crippen molar-refractivity contribution in [2.24, 2.45) is 0 Å². The van der Waals surface area contributed by atoms with Crippen LogP contribution in [-0.4, -0.2) is 15.1 Å². The van der Waals surface area contributed by atoms with Crippen molar-refractivity contribution in [3.63, 3.8) is 0 Å². The largest absolute Gasteiger partial charge is 0.508 e. The van der Waals surface area contributed by atoms with Crippen molar-refractivity contribution in [2.45, 2.75) is 6.42 Å². The maximum atomic E-state index is 10.3. The monoisotopic (exact) mass is 312 g/mol. The van der Waals surface area contributed by atoms with Gasteiger partial charge in [-0.3, -0.25) is 0 Å². The first-order chi connectivity index (χ1) is 11.8. The van der Waals surface area contributed by atoms with Gasteiger partial charge < -0.3 is 5.11 Å². The molecule has 0 spiro atoms. The SMILES string of the molecule is Oc1ccc2ccccc2c1Cc1cnc(-c2ccccc2)nc1. The summed E-state index contributed by atoms with van der Waals surface area (Å²) in [6, 6.07) is 21.7. The number of aromatic nitrogens is 2. The summed E-state index contributed by atoms with van der Waals surface area (Å²) in [5.41, 5.74) is 2.88. The number of phenolic OH excluding ortho intramolecular Hbond substituents is 1. The van der Waals surface area contributed by atoms with Crippen LogP contribution in [0.2, 0.25) is 0 Å². The Kier molecular flexibility index (Phi) is 3.67. The Morgan fingerprint density at radius 3 is 2.25 bits per heavy atom. The lowest BCUT2D eigenvalue weighted by atomic mass is 9.99. The molecule has 24 heavy (non-hydrogen) atoms. The van der Waals surface area contributed by atoms with Crippen molar-refractivity contribution in [2.75, 3.05) is 0 Å². The molecule has 0 saturated heterocycles. The van der Waals surface area contributed by atoms with Crippen LogP contribution in [0, 0.1) is 0 Å². The maximum Gasteiger partial charge on any atom is 0.159 e. The number of rotatable bonds is 3. The highest BCUT2D eigenvalue weighted by Gasteiger charge is 2.09. The van der Waals surface area contributed by atoms with Crippen LogP contribution in [0.3, 0.4) is 0 Å². The number of hydrogen-bond donors (Lipinski definition) is 1. The zero-order chi connectivity index (χ0) is 16.4. The summed E-state index contributed by atoms with van der Waals surface area (Å²) >= 11 is 0. The fraction of sp³-hybridized carbons (Fsp3) is 0.0476. The molecule has 3 nitrogen and oxygen atoms in total. The van der Waals surface area contributed by atoms with Crippen LogP contribution in [0.1, 0.15) is 11.1 Å². The standard InChI is InChI=1S/C21H16N2O/c24-20-11-10-16-6-4-5-9-18(16)19(20)12-15-13-22-21(23-14-15)17-7-2-1-3-8-17/h1-11,13-14,24H,12H2. The molecule has 1 aromatic heterocycles. The van der Waals surface area contributed by atoms with Gasteiger partial charge in [0.15, 0.2) is 5.82 Å². The molecule has 0 aliphatic rings. The van der Waals surface area contributed by atoms with Crippen molar-refractivity contribution < 1.29 is 5.11 Å². The molecule has 1 N–H and O–H groups in total. The number of benzene rings is 3. The minimum Gasteiger partial charge on any atom is -0.508 e. The number of fused-ring (bicyclic) bond motifs is 1. The third-order valence-electron chi connectivity index (χ3n) is 4.13. The predicted octanol–water partition coefficient (Wildman–Crippen LogP) is 4.59. The molecule has 0 fully saturated rings. The predicted molar refractivity (Wildman–Crippen MR) is 95.9 cm³/mol. The second kappa shape index (κ2) is 6.13. The third-order valence-corrected chi connectivity index (χ3v) is 4.13. The van der Waals surface area contributed by atoms with Crippen LogP contribution < -0.4 is 0 Å². The molecule has 0 aliphatic heterocycles. The molecule has 116 valence electrons. The molecule has 0 bridgehead atoms. The van der Waals surface area contributed by atoms with Gasteiger partial charge in [0.2, 0.25) is 0 Å². The Bertz CT molecular complexity index is 980. The van der Waals surface area contributed by atoms with E-state index >= 15 is 0 Å². The van der Waals surface area contributed by atoms with Gasteiger partial charge in [0.25, 0.3) is 0 Å². The number of phenols is 1. The van der Waals surface area contributed by atoms with Gasteiger partial charge in [-0.25, -0.2) is 9.97 Å². The number of nitrogens with zero attached hydrogens (tertiary/aromatic N) is 2. The van der Waals surface area contributed by atoms with Crippen molar-refractivity contribution in [3.8, 4) is 17.1 Å². The Hall–Kier alpha value is -3.20. The Morgan fingerprint density at radius 2 is 1.46 bits per heavy atom. The molecule has 3 aromatic carbocycles. The van der Waals surface area contributed by atoms with E-state index in [1.807, 2.05) is 73.1 Å². The van der Waals surface area contributed by atoms with E-state index in [1.165, 1.54) is 0 Å². The molecule has 0 aliphatic carbocycles. The van der Waals surface area contributed by atoms with E-state index in [4.69, 9.17) is 0 Å². The highest BCUT2D eigenvalue weighted by molar-refractivity contribution is 5.88. The second-order valence-corrected chi connectivity index (χ2v) is 5.74. The lowest BCUT2D eigenvalue weighted by Crippen LogP contribution is -1.95. The molecule has 0 atom stereocenters. The Labute approximate surface area is 140 Å². The van der Waals surface area contributed by atoms with Gasteiger partial charge in [-0.05, 0) is 22.4 Å². The molecular weight excluding hydrogens is 296 g/mol. The lowest BCUT2D eigenvalue weighted by Gasteiger charge is -2.09. The number of hydrogen-bond acceptors (Lipinski definition) is 3. The average molecular weight is 312 g/mol. The van der Waals surface area contributed by atoms with Gasteiger partial charge in [-0.15, -0.1) is 0 Å². The Morgan fingerprint density at radius 1 is 0.750 bits per heavy atom. The van der Waals surface area contributed by atoms with Crippen LogP contribution in [0.4, 0.5) is 0 Å². The van der Waals surface area contributed by atoms with Crippen molar-refractivity contribution in [1.29, 1.82) is 0 Å². The van der Waals surface area contributed by atoms with E-state index < -0.39 is 0 Å². The van der Waals surface area contributed by atoms with Crippen molar-refractivity contribution >= 4 is 10.8 Å². The first-order valence-electron chi connectivity index (χ1n) is 7.87. The molecule has 3 heteroatoms. The van der Waals surface area contributed by atoms with E-state index in [9.17, 15) is 5.11 Å². The van der Waals surface area contributed by atoms with Gasteiger partial charge in [0, 0.05) is 29.9 Å². The first kappa shape index (κ1) is 14.4. The summed E-state index contributed by atoms with van der Waals surface area (Å²) in [7, 11) is 0. The molecule has 4 aromatic rings. The smallest absolute Gasteiger partial charge is 0.159 e. The van der Waals surface area contributed by atoms with E-state index in [2.05, 4.69) is 9.97 Å². The van der Waals surface area contributed by atoms with Crippen LogP contribution in [-0.2, 0) is 6.42 Å². The molecule has 1 heterocycles. The lowest BCUT2D eigenvalue weighted by molar-refractivity contribution is 0.470. The minimum absolute atomic E-state index is 0.306. The van der Waals surface area contributed by atoms with E-state index in [0.717, 1.165) is 27.5 Å². The zero-order valence-electron chi connectivity index (χ0n) is 13.1. The molecular formula is C21H16N2O. The second-order valence-electron chi connectivity index (χ2n) is 5.74. The van der Waals surface area contributed by atoms with Crippen LogP contribution in [0.25, 0.3) is 22.2 Å². The first-order valence-corrected chi connectivity index (χ1v) is 7.87. The fourth-order valence-electron chi connectivity index (χ4n) is 2.90. The third kappa shape index (κ3) is 2.72. The normalized spacial score (nSPS) is 10.8. The van der Waals surface area contributed by atoms with Gasteiger partial charge in [0.1, 0.15) is 5.75 Å². The van der Waals surface area contributed by atoms with Crippen LogP contribution in [0.15, 0.2) is 79.1 Å². The summed E-state index contributed by atoms with van der Waals surface area (Å²) in [6.45, 7) is 0. The Balaban J connectivity index is 1.68. The van der Waals surface area contributed by atoms with Gasteiger partial charge in [-0.1, -0.05) is 60.7 Å². The van der Waals surface area contributed by atoms with Gasteiger partial charge in [0.05, 0.1) is 0 Å². The molecule has 0 radical (unpaired) electrons.